The first kappa shape index (κ1) is 13.9. The summed E-state index contributed by atoms with van der Waals surface area (Å²) in [5.74, 6) is -0.509. The summed E-state index contributed by atoms with van der Waals surface area (Å²) >= 11 is 8.98. The van der Waals surface area contributed by atoms with Crippen LogP contribution in [-0.2, 0) is 0 Å². The lowest BCUT2D eigenvalue weighted by atomic mass is 10.1. The maximum atomic E-state index is 11.7. The van der Waals surface area contributed by atoms with E-state index < -0.39 is 10.8 Å². The zero-order chi connectivity index (χ0) is 13.0. The van der Waals surface area contributed by atoms with E-state index in [2.05, 4.69) is 21.2 Å². The molecule has 0 bridgehead atoms. The molecule has 1 N–H and O–H groups in total. The third-order valence-corrected chi connectivity index (χ3v) is 2.50. The highest BCUT2D eigenvalue weighted by molar-refractivity contribution is 9.09. The molecule has 0 saturated carbocycles. The molecule has 0 spiro atoms. The standard InChI is InChI=1S/C10H10BrClN2O3/c1-6(11)5-13-10(15)8-4-7(12)2-3-9(8)14(16)17/h2-4,6H,5H2,1H3,(H,13,15). The van der Waals surface area contributed by atoms with Gasteiger partial charge in [-0.2, -0.15) is 0 Å². The Morgan fingerprint density at radius 2 is 2.29 bits per heavy atom. The highest BCUT2D eigenvalue weighted by Crippen LogP contribution is 2.22. The van der Waals surface area contributed by atoms with Crippen molar-refractivity contribution in [1.82, 2.24) is 5.32 Å². The Kier molecular flexibility index (Phi) is 4.89. The smallest absolute Gasteiger partial charge is 0.282 e. The van der Waals surface area contributed by atoms with Crippen molar-refractivity contribution in [2.24, 2.45) is 0 Å². The van der Waals surface area contributed by atoms with Gasteiger partial charge in [-0.3, -0.25) is 14.9 Å². The molecule has 0 heterocycles. The van der Waals surface area contributed by atoms with Crippen molar-refractivity contribution in [1.29, 1.82) is 0 Å². The molecule has 1 aromatic carbocycles. The van der Waals surface area contributed by atoms with Gasteiger partial charge in [-0.1, -0.05) is 34.5 Å². The summed E-state index contributed by atoms with van der Waals surface area (Å²) in [6.45, 7) is 2.23. The van der Waals surface area contributed by atoms with Gasteiger partial charge in [-0.15, -0.1) is 0 Å². The molecule has 0 radical (unpaired) electrons. The van der Waals surface area contributed by atoms with Gasteiger partial charge in [0.2, 0.25) is 0 Å². The largest absolute Gasteiger partial charge is 0.351 e. The number of benzene rings is 1. The molecule has 5 nitrogen and oxygen atoms in total. The summed E-state index contributed by atoms with van der Waals surface area (Å²) in [5, 5.41) is 13.6. The number of carbonyl (C=O) groups is 1. The Balaban J connectivity index is 2.98. The van der Waals surface area contributed by atoms with Crippen molar-refractivity contribution in [3.8, 4) is 0 Å². The van der Waals surface area contributed by atoms with E-state index in [-0.39, 0.29) is 21.1 Å². The number of amides is 1. The average molecular weight is 322 g/mol. The van der Waals surface area contributed by atoms with Crippen molar-refractivity contribution >= 4 is 39.1 Å². The summed E-state index contributed by atoms with van der Waals surface area (Å²) in [7, 11) is 0. The number of hydrogen-bond acceptors (Lipinski definition) is 3. The van der Waals surface area contributed by atoms with Crippen LogP contribution in [-0.4, -0.2) is 22.2 Å². The van der Waals surface area contributed by atoms with Crippen molar-refractivity contribution in [2.75, 3.05) is 6.54 Å². The maximum Gasteiger partial charge on any atom is 0.282 e. The highest BCUT2D eigenvalue weighted by Gasteiger charge is 2.20. The molecule has 17 heavy (non-hydrogen) atoms. The minimum absolute atomic E-state index is 0.0318. The zero-order valence-electron chi connectivity index (χ0n) is 8.94. The second kappa shape index (κ2) is 5.97. The fraction of sp³-hybridized carbons (Fsp3) is 0.300. The van der Waals surface area contributed by atoms with E-state index in [1.165, 1.54) is 18.2 Å². The maximum absolute atomic E-state index is 11.7. The molecule has 1 aromatic rings. The van der Waals surface area contributed by atoms with Gasteiger partial charge >= 0.3 is 0 Å². The number of rotatable bonds is 4. The van der Waals surface area contributed by atoms with Gasteiger partial charge in [0.05, 0.1) is 4.92 Å². The molecule has 1 unspecified atom stereocenters. The Hall–Kier alpha value is -1.14. The molecule has 92 valence electrons. The fourth-order valence-electron chi connectivity index (χ4n) is 1.18. The normalized spacial score (nSPS) is 11.9. The van der Waals surface area contributed by atoms with Gasteiger partial charge in [-0.05, 0) is 12.1 Å². The van der Waals surface area contributed by atoms with E-state index in [9.17, 15) is 14.9 Å². The Morgan fingerprint density at radius 1 is 1.65 bits per heavy atom. The number of nitro benzene ring substituents is 1. The average Bonchev–Trinajstić information content (AvgIpc) is 2.25. The van der Waals surface area contributed by atoms with Crippen LogP contribution in [0.5, 0.6) is 0 Å². The van der Waals surface area contributed by atoms with Gasteiger partial charge in [0.15, 0.2) is 0 Å². The summed E-state index contributed by atoms with van der Waals surface area (Å²) in [6, 6.07) is 3.88. The number of nitrogens with zero attached hydrogens (tertiary/aromatic N) is 1. The molecular formula is C10H10BrClN2O3. The second-order valence-electron chi connectivity index (χ2n) is 3.41. The highest BCUT2D eigenvalue weighted by atomic mass is 79.9. The quantitative estimate of drug-likeness (QED) is 0.526. The molecule has 0 aliphatic carbocycles. The summed E-state index contributed by atoms with van der Waals surface area (Å²) < 4.78 is 0. The predicted molar refractivity (Wildman–Crippen MR) is 68.8 cm³/mol. The molecule has 0 aliphatic rings. The molecule has 0 saturated heterocycles. The van der Waals surface area contributed by atoms with Gasteiger partial charge in [0.1, 0.15) is 5.56 Å². The summed E-state index contributed by atoms with van der Waals surface area (Å²) in [4.78, 5) is 22.0. The number of nitro groups is 1. The molecule has 0 aromatic heterocycles. The third-order valence-electron chi connectivity index (χ3n) is 1.94. The minimum atomic E-state index is -0.608. The van der Waals surface area contributed by atoms with E-state index in [1.54, 1.807) is 0 Å². The molecule has 7 heteroatoms. The van der Waals surface area contributed by atoms with Crippen molar-refractivity contribution in [3.63, 3.8) is 0 Å². The van der Waals surface area contributed by atoms with Crippen LogP contribution < -0.4 is 5.32 Å². The minimum Gasteiger partial charge on any atom is -0.351 e. The Bertz CT molecular complexity index is 451. The van der Waals surface area contributed by atoms with Crippen LogP contribution in [0.2, 0.25) is 5.02 Å². The van der Waals surface area contributed by atoms with Crippen LogP contribution in [0.4, 0.5) is 5.69 Å². The molecule has 1 rings (SSSR count). The van der Waals surface area contributed by atoms with E-state index in [4.69, 9.17) is 11.6 Å². The molecular weight excluding hydrogens is 311 g/mol. The first-order chi connectivity index (χ1) is 7.91. The van der Waals surface area contributed by atoms with Crippen LogP contribution >= 0.6 is 27.5 Å². The van der Waals surface area contributed by atoms with Gasteiger partial charge in [0.25, 0.3) is 11.6 Å². The van der Waals surface area contributed by atoms with Gasteiger partial charge in [-0.25, -0.2) is 0 Å². The predicted octanol–water partition coefficient (Wildman–Crippen LogP) is 2.76. The number of halogens is 2. The lowest BCUT2D eigenvalue weighted by Gasteiger charge is -2.07. The van der Waals surface area contributed by atoms with Crippen LogP contribution in [0.15, 0.2) is 18.2 Å². The van der Waals surface area contributed by atoms with Crippen molar-refractivity contribution in [3.05, 3.63) is 38.9 Å². The molecule has 0 aliphatic heterocycles. The van der Waals surface area contributed by atoms with Crippen molar-refractivity contribution < 1.29 is 9.72 Å². The van der Waals surface area contributed by atoms with E-state index in [0.29, 0.717) is 6.54 Å². The fourth-order valence-corrected chi connectivity index (χ4v) is 1.51. The summed E-state index contributed by atoms with van der Waals surface area (Å²) in [5.41, 5.74) is -0.287. The second-order valence-corrected chi connectivity index (χ2v) is 5.41. The lowest BCUT2D eigenvalue weighted by Crippen LogP contribution is -2.28. The van der Waals surface area contributed by atoms with E-state index >= 15 is 0 Å². The van der Waals surface area contributed by atoms with E-state index in [0.717, 1.165) is 0 Å². The number of alkyl halides is 1. The first-order valence-corrected chi connectivity index (χ1v) is 6.07. The number of hydrogen-bond donors (Lipinski definition) is 1. The monoisotopic (exact) mass is 320 g/mol. The zero-order valence-corrected chi connectivity index (χ0v) is 11.3. The summed E-state index contributed by atoms with van der Waals surface area (Å²) in [6.07, 6.45) is 0. The number of nitrogens with one attached hydrogen (secondary N) is 1. The van der Waals surface area contributed by atoms with Crippen LogP contribution in [0.1, 0.15) is 17.3 Å². The van der Waals surface area contributed by atoms with Gasteiger partial charge < -0.3 is 5.32 Å². The molecule has 1 atom stereocenters. The number of carbonyl (C=O) groups excluding carboxylic acids is 1. The Morgan fingerprint density at radius 3 is 2.82 bits per heavy atom. The van der Waals surface area contributed by atoms with Crippen LogP contribution in [0.25, 0.3) is 0 Å². The van der Waals surface area contributed by atoms with Gasteiger partial charge in [0, 0.05) is 22.5 Å². The molecule has 1 amide bonds. The lowest BCUT2D eigenvalue weighted by molar-refractivity contribution is -0.385. The van der Waals surface area contributed by atoms with E-state index in [1.807, 2.05) is 6.92 Å². The SMILES string of the molecule is CC(Br)CNC(=O)c1cc(Cl)ccc1[N+](=O)[O-]. The first-order valence-electron chi connectivity index (χ1n) is 4.78. The van der Waals surface area contributed by atoms with Crippen LogP contribution in [0, 0.1) is 10.1 Å². The molecule has 0 fully saturated rings. The van der Waals surface area contributed by atoms with Crippen LogP contribution in [0.3, 0.4) is 0 Å². The third kappa shape index (κ3) is 3.98. The Labute approximate surface area is 111 Å². The van der Waals surface area contributed by atoms with Crippen molar-refractivity contribution in [2.45, 2.75) is 11.8 Å². The topological polar surface area (TPSA) is 72.2 Å².